The summed E-state index contributed by atoms with van der Waals surface area (Å²) >= 11 is 0. The van der Waals surface area contributed by atoms with Gasteiger partial charge < -0.3 is 42.7 Å². The van der Waals surface area contributed by atoms with E-state index in [9.17, 15) is 24.3 Å². The Hall–Kier alpha value is -4.94. The summed E-state index contributed by atoms with van der Waals surface area (Å²) in [4.78, 5) is 88.8. The van der Waals surface area contributed by atoms with Crippen LogP contribution in [0.1, 0.15) is 132 Å². The van der Waals surface area contributed by atoms with Gasteiger partial charge in [-0.25, -0.2) is 14.4 Å². The van der Waals surface area contributed by atoms with Crippen LogP contribution in [0.3, 0.4) is 0 Å². The van der Waals surface area contributed by atoms with Crippen molar-refractivity contribution in [2.75, 3.05) is 6.61 Å². The summed E-state index contributed by atoms with van der Waals surface area (Å²) in [6.45, 7) is 23.5. The topological polar surface area (TPSA) is 200 Å². The normalized spacial score (nSPS) is 33.0. The van der Waals surface area contributed by atoms with Gasteiger partial charge in [0.15, 0.2) is 31.9 Å². The van der Waals surface area contributed by atoms with E-state index in [0.29, 0.717) is 29.3 Å². The fourth-order valence-electron chi connectivity index (χ4n) is 12.4. The zero-order valence-corrected chi connectivity index (χ0v) is 44.7. The molecule has 2 saturated heterocycles. The SMILES string of the molecule is CC[Si](CC)(CC)O[C@H]1C[C@H]2OC[C@@]2(OC(C)=O)[C@H]2[C@H](OC(=O)c3ccccc3)[C@]3(O)C[C@H](OC(=O)[C@@H]4OC(C)(C)N(C(=O)OC(C)(C)C)[C@H]4c4ccccc4)C(C)=C([C@@H](OC(C)=O)C(=O)[C@]12C)C3(C)C. The third-order valence-electron chi connectivity index (χ3n) is 16.3. The minimum atomic E-state index is -2.63. The molecule has 17 heteroatoms. The van der Waals surface area contributed by atoms with Gasteiger partial charge in [-0.05, 0) is 95.4 Å². The first-order chi connectivity index (χ1) is 33.1. The maximum atomic E-state index is 16.4. The number of rotatable bonds is 12. The molecule has 1 amide bonds. The molecule has 2 aromatic rings. The van der Waals surface area contributed by atoms with Crippen molar-refractivity contribution < 1.29 is 71.5 Å². The molecule has 388 valence electrons. The first kappa shape index (κ1) is 53.8. The highest BCUT2D eigenvalue weighted by Crippen LogP contribution is 2.65. The molecule has 16 nitrogen and oxygen atoms in total. The Morgan fingerprint density at radius 2 is 1.44 bits per heavy atom. The molecule has 0 radical (unpaired) electrons. The third-order valence-corrected chi connectivity index (χ3v) is 20.9. The number of hydrogen-bond acceptors (Lipinski definition) is 15. The van der Waals surface area contributed by atoms with Gasteiger partial charge in [-0.1, -0.05) is 83.1 Å². The number of aliphatic hydroxyl groups is 1. The fourth-order valence-corrected chi connectivity index (χ4v) is 15.3. The summed E-state index contributed by atoms with van der Waals surface area (Å²) in [7, 11) is -2.63. The van der Waals surface area contributed by atoms with Crippen molar-refractivity contribution in [1.29, 1.82) is 0 Å². The Morgan fingerprint density at radius 1 is 0.845 bits per heavy atom. The molecule has 11 atom stereocenters. The Bertz CT molecular complexity index is 2420. The van der Waals surface area contributed by atoms with E-state index in [-0.39, 0.29) is 24.2 Å². The second-order valence-corrected chi connectivity index (χ2v) is 26.9. The monoisotopic (exact) mass is 1000 g/mol. The van der Waals surface area contributed by atoms with Crippen LogP contribution in [0.4, 0.5) is 4.79 Å². The average Bonchev–Trinajstić information content (AvgIpc) is 3.59. The Kier molecular flexibility index (Phi) is 14.5. The number of carbonyl (C=O) groups excluding carboxylic acids is 6. The van der Waals surface area contributed by atoms with E-state index in [2.05, 4.69) is 20.8 Å². The van der Waals surface area contributed by atoms with Crippen molar-refractivity contribution in [3.05, 3.63) is 82.9 Å². The molecule has 2 aliphatic heterocycles. The van der Waals surface area contributed by atoms with Gasteiger partial charge in [0, 0.05) is 32.1 Å². The lowest BCUT2D eigenvalue weighted by molar-refractivity contribution is -0.344. The largest absolute Gasteiger partial charge is 0.456 e. The van der Waals surface area contributed by atoms with Crippen LogP contribution in [-0.4, -0.2) is 120 Å². The van der Waals surface area contributed by atoms with Gasteiger partial charge in [0.25, 0.3) is 0 Å². The minimum Gasteiger partial charge on any atom is -0.456 e. The summed E-state index contributed by atoms with van der Waals surface area (Å²) < 4.78 is 51.8. The minimum absolute atomic E-state index is 0.0909. The molecule has 0 aromatic heterocycles. The zero-order chi connectivity index (χ0) is 52.4. The number of amides is 1. The van der Waals surface area contributed by atoms with Gasteiger partial charge in [-0.2, -0.15) is 0 Å². The summed E-state index contributed by atoms with van der Waals surface area (Å²) in [6.07, 6.45) is -9.21. The number of nitrogens with zero attached hydrogens (tertiary/aromatic N) is 1. The molecule has 3 aliphatic carbocycles. The van der Waals surface area contributed by atoms with E-state index in [1.165, 1.54) is 18.7 Å². The van der Waals surface area contributed by atoms with Crippen LogP contribution in [-0.2, 0) is 56.8 Å². The molecular weight excluding hydrogens is 931 g/mol. The van der Waals surface area contributed by atoms with Gasteiger partial charge in [-0.15, -0.1) is 0 Å². The van der Waals surface area contributed by atoms with Crippen molar-refractivity contribution in [3.63, 3.8) is 0 Å². The molecule has 7 rings (SSSR count). The molecule has 2 saturated carbocycles. The van der Waals surface area contributed by atoms with Gasteiger partial charge in [0.05, 0.1) is 29.6 Å². The van der Waals surface area contributed by atoms with E-state index in [4.69, 9.17) is 37.6 Å². The lowest BCUT2D eigenvalue weighted by Crippen LogP contribution is -2.82. The lowest BCUT2D eigenvalue weighted by atomic mass is 9.44. The highest BCUT2D eigenvalue weighted by atomic mass is 28.4. The van der Waals surface area contributed by atoms with E-state index < -0.39 is 132 Å². The predicted octanol–water partition coefficient (Wildman–Crippen LogP) is 8.35. The van der Waals surface area contributed by atoms with Crippen LogP contribution in [0.25, 0.3) is 0 Å². The van der Waals surface area contributed by atoms with Crippen molar-refractivity contribution in [1.82, 2.24) is 4.90 Å². The Labute approximate surface area is 418 Å². The van der Waals surface area contributed by atoms with Crippen LogP contribution < -0.4 is 0 Å². The quantitative estimate of drug-likeness (QED) is 0.0920. The molecule has 1 N–H and O–H groups in total. The Balaban J connectivity index is 1.47. The molecular formula is C54H73NO15Si. The lowest BCUT2D eigenvalue weighted by Gasteiger charge is -2.68. The van der Waals surface area contributed by atoms with Crippen LogP contribution in [0.15, 0.2) is 71.8 Å². The number of carbonyl (C=O) groups is 6. The summed E-state index contributed by atoms with van der Waals surface area (Å²) in [5.74, 6) is -5.33. The van der Waals surface area contributed by atoms with Crippen molar-refractivity contribution >= 4 is 44.1 Å². The number of fused-ring (bicyclic) bond motifs is 5. The maximum absolute atomic E-state index is 16.4. The van der Waals surface area contributed by atoms with Gasteiger partial charge in [0.1, 0.15) is 41.3 Å². The maximum Gasteiger partial charge on any atom is 0.413 e. The first-order valence-corrected chi connectivity index (χ1v) is 27.5. The second kappa shape index (κ2) is 19.2. The molecule has 2 heterocycles. The van der Waals surface area contributed by atoms with Crippen molar-refractivity contribution in [2.45, 2.75) is 193 Å². The van der Waals surface area contributed by atoms with Crippen LogP contribution in [0.2, 0.25) is 18.1 Å². The van der Waals surface area contributed by atoms with Crippen molar-refractivity contribution in [2.24, 2.45) is 16.7 Å². The molecule has 0 unspecified atom stereocenters. The Morgan fingerprint density at radius 3 is 1.96 bits per heavy atom. The van der Waals surface area contributed by atoms with E-state index >= 15 is 9.59 Å². The molecule has 71 heavy (non-hydrogen) atoms. The van der Waals surface area contributed by atoms with Gasteiger partial charge in [-0.3, -0.25) is 19.3 Å². The number of benzene rings is 2. The molecule has 2 bridgehead atoms. The molecule has 0 spiro atoms. The zero-order valence-electron chi connectivity index (χ0n) is 43.7. The molecule has 5 aliphatic rings. The van der Waals surface area contributed by atoms with E-state index in [0.717, 1.165) is 0 Å². The van der Waals surface area contributed by atoms with E-state index in [1.54, 1.807) is 123 Å². The first-order valence-electron chi connectivity index (χ1n) is 24.9. The van der Waals surface area contributed by atoms with E-state index in [1.807, 2.05) is 0 Å². The molecule has 4 fully saturated rings. The smallest absolute Gasteiger partial charge is 0.413 e. The third kappa shape index (κ3) is 9.16. The number of esters is 4. The van der Waals surface area contributed by atoms with Crippen molar-refractivity contribution in [3.8, 4) is 0 Å². The second-order valence-electron chi connectivity index (χ2n) is 22.2. The highest BCUT2D eigenvalue weighted by molar-refractivity contribution is 6.73. The predicted molar refractivity (Wildman–Crippen MR) is 261 cm³/mol. The van der Waals surface area contributed by atoms with Crippen LogP contribution in [0.5, 0.6) is 0 Å². The summed E-state index contributed by atoms with van der Waals surface area (Å²) in [5.41, 5.74) is -8.64. The van der Waals surface area contributed by atoms with Crippen LogP contribution >= 0.6 is 0 Å². The number of ether oxygens (including phenoxy) is 7. The summed E-state index contributed by atoms with van der Waals surface area (Å²) in [5, 5.41) is 14.2. The number of Topliss-reactive ketones (excluding diaryl/α,β-unsaturated/α-hetero) is 1. The van der Waals surface area contributed by atoms with Gasteiger partial charge in [0.2, 0.25) is 0 Å². The average molecular weight is 1000 g/mol. The fraction of sp³-hybridized carbons (Fsp3) is 0.630. The standard InChI is InChI=1S/C54H73NO15Si/c1-15-71(16-2,17-3)70-37-28-38-53(30-63-38,67-33(6)57)43-45(66-46(59)35-26-22-19-23-27-35)54(62)29-36(31(4)39(50(54,10)11)41(64-32(5)56)44(58)52(37,43)14)65-47(60)42-40(34-24-20-18-21-25-34)55(51(12,13)68-42)48(61)69-49(7,8)9/h18-27,36-38,40-43,45,62H,15-17,28-30H2,1-14H3/t36-,37-,38+,40-,41+,42+,43-,45-,52+,53-,54+/m0/s1. The number of ketones is 1. The highest BCUT2D eigenvalue weighted by Gasteiger charge is 2.79. The van der Waals surface area contributed by atoms with Crippen LogP contribution in [0, 0.1) is 16.7 Å². The van der Waals surface area contributed by atoms with Gasteiger partial charge >= 0.3 is 30.0 Å². The molecule has 2 aromatic carbocycles. The summed E-state index contributed by atoms with van der Waals surface area (Å²) in [6, 6.07) is 18.1. The number of hydrogen-bond donors (Lipinski definition) is 1.